The molecule has 32 heavy (non-hydrogen) atoms. The summed E-state index contributed by atoms with van der Waals surface area (Å²) in [6, 6.07) is 12.7. The van der Waals surface area contributed by atoms with Gasteiger partial charge in [0.2, 0.25) is 0 Å². The molecule has 0 fully saturated rings. The van der Waals surface area contributed by atoms with Gasteiger partial charge in [-0.2, -0.15) is 5.26 Å². The Hall–Kier alpha value is -2.97. The third kappa shape index (κ3) is 7.62. The number of hydrogen-bond donors (Lipinski definition) is 1. The summed E-state index contributed by atoms with van der Waals surface area (Å²) in [5.41, 5.74) is 1.98. The molecule has 9 nitrogen and oxygen atoms in total. The number of carbonyl (C=O) groups excluding carboxylic acids is 2. The van der Waals surface area contributed by atoms with Gasteiger partial charge in [0.25, 0.3) is 0 Å². The van der Waals surface area contributed by atoms with E-state index in [2.05, 4.69) is 10.1 Å². The normalized spacial score (nSPS) is 12.3. The first-order valence-electron chi connectivity index (χ1n) is 9.43. The molecule has 2 rings (SSSR count). The highest BCUT2D eigenvalue weighted by molar-refractivity contribution is 7.74. The first kappa shape index (κ1) is 25.3. The van der Waals surface area contributed by atoms with Crippen LogP contribution in [0.4, 0.5) is 16.2 Å². The van der Waals surface area contributed by atoms with Crippen LogP contribution in [0.3, 0.4) is 0 Å². The van der Waals surface area contributed by atoms with Crippen molar-refractivity contribution in [2.45, 2.75) is 25.9 Å². The molecule has 0 aliphatic rings. The molecule has 0 radical (unpaired) electrons. The average Bonchev–Trinajstić information content (AvgIpc) is 2.75. The third-order valence-corrected chi connectivity index (χ3v) is 5.16. The van der Waals surface area contributed by atoms with E-state index in [4.69, 9.17) is 21.0 Å². The molecular weight excluding hydrogens is 458 g/mol. The van der Waals surface area contributed by atoms with E-state index in [1.54, 1.807) is 24.3 Å². The second-order valence-corrected chi connectivity index (χ2v) is 7.71. The number of carbonyl (C=O) groups is 2. The van der Waals surface area contributed by atoms with Crippen LogP contribution in [0, 0.1) is 11.3 Å². The molecule has 2 aromatic rings. The molecule has 2 atom stereocenters. The van der Waals surface area contributed by atoms with Gasteiger partial charge in [0, 0.05) is 17.8 Å². The summed E-state index contributed by atoms with van der Waals surface area (Å²) in [6.07, 6.45) is -0.125. The van der Waals surface area contributed by atoms with Gasteiger partial charge >= 0.3 is 12.0 Å². The van der Waals surface area contributed by atoms with Gasteiger partial charge in [-0.1, -0.05) is 23.7 Å². The van der Waals surface area contributed by atoms with Crippen LogP contribution in [0.5, 0.6) is 0 Å². The molecule has 0 heterocycles. The number of nitrogens with zero attached hydrogens (tertiary/aromatic N) is 2. The fourth-order valence-corrected chi connectivity index (χ4v) is 3.34. The Labute approximate surface area is 193 Å². The molecule has 170 valence electrons. The number of anilines is 2. The molecule has 2 aromatic carbocycles. The van der Waals surface area contributed by atoms with Crippen LogP contribution in [0.1, 0.15) is 24.5 Å². The van der Waals surface area contributed by atoms with Crippen LogP contribution in [0.15, 0.2) is 42.5 Å². The van der Waals surface area contributed by atoms with Crippen LogP contribution in [-0.2, 0) is 31.5 Å². The number of benzene rings is 2. The number of rotatable bonds is 9. The van der Waals surface area contributed by atoms with Crippen molar-refractivity contribution >= 4 is 46.3 Å². The predicted molar refractivity (Wildman–Crippen MR) is 119 cm³/mol. The Kier molecular flexibility index (Phi) is 9.61. The molecule has 2 unspecified atom stereocenters. The summed E-state index contributed by atoms with van der Waals surface area (Å²) >= 11 is 3.28. The molecule has 0 saturated carbocycles. The monoisotopic (exact) mass is 478 g/mol. The van der Waals surface area contributed by atoms with Gasteiger partial charge in [-0.15, -0.1) is 0 Å². The van der Waals surface area contributed by atoms with Gasteiger partial charge in [0.05, 0.1) is 41.7 Å². The van der Waals surface area contributed by atoms with E-state index in [9.17, 15) is 18.4 Å². The quantitative estimate of drug-likeness (QED) is 0.430. The van der Waals surface area contributed by atoms with E-state index in [1.165, 1.54) is 37.1 Å². The largest absolute Gasteiger partial charge is 0.750 e. The maximum atomic E-state index is 13.0. The van der Waals surface area contributed by atoms with E-state index >= 15 is 0 Å². The van der Waals surface area contributed by atoms with E-state index in [0.717, 1.165) is 5.56 Å². The number of esters is 1. The Morgan fingerprint density at radius 2 is 1.97 bits per heavy atom. The average molecular weight is 479 g/mol. The van der Waals surface area contributed by atoms with E-state index in [1.807, 2.05) is 6.07 Å². The van der Waals surface area contributed by atoms with Crippen molar-refractivity contribution in [3.8, 4) is 6.07 Å². The molecule has 0 aliphatic heterocycles. The van der Waals surface area contributed by atoms with Crippen LogP contribution in [0.25, 0.3) is 0 Å². The summed E-state index contributed by atoms with van der Waals surface area (Å²) in [7, 11) is 1.32. The van der Waals surface area contributed by atoms with Crippen molar-refractivity contribution in [1.29, 1.82) is 5.26 Å². The van der Waals surface area contributed by atoms with E-state index < -0.39 is 23.5 Å². The van der Waals surface area contributed by atoms with Crippen LogP contribution >= 0.6 is 11.6 Å². The van der Waals surface area contributed by atoms with Gasteiger partial charge < -0.3 is 14.6 Å². The highest BCUT2D eigenvalue weighted by Gasteiger charge is 2.20. The topological polar surface area (TPSA) is 132 Å². The minimum atomic E-state index is -2.74. The van der Waals surface area contributed by atoms with Gasteiger partial charge in [-0.05, 0) is 49.2 Å². The molecule has 0 saturated heterocycles. The summed E-state index contributed by atoms with van der Waals surface area (Å²) in [6.45, 7) is 1.45. The van der Waals surface area contributed by atoms with Crippen LogP contribution in [0.2, 0.25) is 5.02 Å². The summed E-state index contributed by atoms with van der Waals surface area (Å²) < 4.78 is 31.1. The number of hydrogen-bond acceptors (Lipinski definition) is 7. The van der Waals surface area contributed by atoms with E-state index in [0.29, 0.717) is 17.8 Å². The molecular formula is C21H21ClN3O6S-. The lowest BCUT2D eigenvalue weighted by atomic mass is 10.1. The number of urea groups is 1. The number of nitrogens with one attached hydrogen (secondary N) is 1. The zero-order valence-corrected chi connectivity index (χ0v) is 18.9. The molecule has 0 bridgehead atoms. The second kappa shape index (κ2) is 12.2. The van der Waals surface area contributed by atoms with Crippen LogP contribution < -0.4 is 10.2 Å². The number of nitriles is 1. The number of aryl methyl sites for hydroxylation is 1. The first-order valence-corrected chi connectivity index (χ1v) is 10.8. The zero-order valence-electron chi connectivity index (χ0n) is 17.4. The molecule has 0 aromatic heterocycles. The lowest BCUT2D eigenvalue weighted by molar-refractivity contribution is -0.140. The number of amides is 2. The number of methoxy groups -OCH3 is 1. The number of halogens is 1. The van der Waals surface area contributed by atoms with Crippen molar-refractivity contribution in [1.82, 2.24) is 0 Å². The minimum Gasteiger partial charge on any atom is -0.750 e. The fourth-order valence-electron chi connectivity index (χ4n) is 2.79. The fraction of sp³-hybridized carbons (Fsp3) is 0.286. The number of ether oxygens (including phenoxy) is 1. The zero-order chi connectivity index (χ0) is 23.7. The Morgan fingerprint density at radius 3 is 2.53 bits per heavy atom. The van der Waals surface area contributed by atoms with Crippen molar-refractivity contribution in [2.24, 2.45) is 0 Å². The lowest BCUT2D eigenvalue weighted by Crippen LogP contribution is -2.40. The minimum absolute atomic E-state index is 0.0642. The van der Waals surface area contributed by atoms with Crippen molar-refractivity contribution < 1.29 is 27.3 Å². The smallest absolute Gasteiger partial charge is 0.326 e. The summed E-state index contributed by atoms with van der Waals surface area (Å²) in [5.74, 6) is -0.326. The molecule has 0 aliphatic carbocycles. The maximum Gasteiger partial charge on any atom is 0.326 e. The van der Waals surface area contributed by atoms with Gasteiger partial charge in [-0.25, -0.2) is 9.00 Å². The van der Waals surface area contributed by atoms with Crippen LogP contribution in [-0.4, -0.2) is 40.5 Å². The standard InChI is InChI=1S/C21H22ClN3O6S/c1-14(31-32(28)29)13-25(18-8-3-15(4-9-18)5-10-20(26)30-2)21(27)24-17-7-6-16(12-23)19(22)11-17/h3-4,6-9,11,14H,5,10,13H2,1-2H3,(H,24,27)(H,28,29)/p-1. The van der Waals surface area contributed by atoms with Crippen molar-refractivity contribution in [2.75, 3.05) is 23.9 Å². The first-order chi connectivity index (χ1) is 15.2. The highest BCUT2D eigenvalue weighted by atomic mass is 35.5. The molecule has 11 heteroatoms. The lowest BCUT2D eigenvalue weighted by Gasteiger charge is -2.27. The SMILES string of the molecule is COC(=O)CCc1ccc(N(CC(C)OS(=O)[O-])C(=O)Nc2ccc(C#N)c(Cl)c2)cc1. The Balaban J connectivity index is 2.22. The van der Waals surface area contributed by atoms with E-state index in [-0.39, 0.29) is 29.5 Å². The van der Waals surface area contributed by atoms with Crippen molar-refractivity contribution in [3.63, 3.8) is 0 Å². The summed E-state index contributed by atoms with van der Waals surface area (Å²) in [4.78, 5) is 25.6. The van der Waals surface area contributed by atoms with Crippen molar-refractivity contribution in [3.05, 3.63) is 58.6 Å². The molecule has 2 amide bonds. The Morgan fingerprint density at radius 1 is 1.28 bits per heavy atom. The van der Waals surface area contributed by atoms with Gasteiger partial charge in [0.1, 0.15) is 6.07 Å². The summed E-state index contributed by atoms with van der Waals surface area (Å²) in [5, 5.41) is 11.8. The molecule has 1 N–H and O–H groups in total. The molecule has 0 spiro atoms. The van der Waals surface area contributed by atoms with Gasteiger partial charge in [-0.3, -0.25) is 13.9 Å². The van der Waals surface area contributed by atoms with Gasteiger partial charge in [0.15, 0.2) is 0 Å². The highest BCUT2D eigenvalue weighted by Crippen LogP contribution is 2.23. The third-order valence-electron chi connectivity index (χ3n) is 4.36. The predicted octanol–water partition coefficient (Wildman–Crippen LogP) is 3.55. The second-order valence-electron chi connectivity index (χ2n) is 6.70. The maximum absolute atomic E-state index is 13.0. The Bertz CT molecular complexity index is 1030.